The molecule has 0 saturated carbocycles. The molecule has 1 aliphatic carbocycles. The van der Waals surface area contributed by atoms with E-state index in [9.17, 15) is 14.4 Å². The van der Waals surface area contributed by atoms with Crippen molar-refractivity contribution in [1.29, 1.82) is 0 Å². The summed E-state index contributed by atoms with van der Waals surface area (Å²) in [6, 6.07) is 22.4. The quantitative estimate of drug-likeness (QED) is 0.349. The number of anilines is 1. The molecule has 0 saturated heterocycles. The van der Waals surface area contributed by atoms with Crippen LogP contribution in [-0.2, 0) is 9.53 Å². The van der Waals surface area contributed by atoms with Crippen molar-refractivity contribution in [2.24, 2.45) is 0 Å². The number of hydrogen-bond acceptors (Lipinski definition) is 6. The van der Waals surface area contributed by atoms with Crippen LogP contribution in [0.1, 0.15) is 27.4 Å². The van der Waals surface area contributed by atoms with Crippen molar-refractivity contribution in [1.82, 2.24) is 15.3 Å². The van der Waals surface area contributed by atoms with Crippen molar-refractivity contribution in [3.8, 4) is 22.5 Å². The van der Waals surface area contributed by atoms with E-state index < -0.39 is 18.0 Å². The maximum absolute atomic E-state index is 12.3. The lowest BCUT2D eigenvalue weighted by atomic mass is 9.98. The zero-order chi connectivity index (χ0) is 25.8. The number of nitrogens with zero attached hydrogens (tertiary/aromatic N) is 2. The Morgan fingerprint density at radius 3 is 2.00 bits per heavy atom. The van der Waals surface area contributed by atoms with Gasteiger partial charge in [0.25, 0.3) is 0 Å². The molecule has 1 aliphatic rings. The maximum Gasteiger partial charge on any atom is 0.407 e. The number of nitrogens with one attached hydrogen (secondary N) is 2. The van der Waals surface area contributed by atoms with Gasteiger partial charge >= 0.3 is 12.1 Å². The van der Waals surface area contributed by atoms with Gasteiger partial charge in [-0.1, -0.05) is 48.5 Å². The smallest absolute Gasteiger partial charge is 0.407 e. The highest BCUT2D eigenvalue weighted by atomic mass is 16.5. The maximum atomic E-state index is 12.3. The van der Waals surface area contributed by atoms with Gasteiger partial charge in [-0.2, -0.15) is 0 Å². The van der Waals surface area contributed by atoms with Gasteiger partial charge in [-0.15, -0.1) is 0 Å². The number of carbonyl (C=O) groups excluding carboxylic acids is 2. The number of pyridine rings is 2. The molecule has 0 radical (unpaired) electrons. The first-order chi connectivity index (χ1) is 18.0. The lowest BCUT2D eigenvalue weighted by molar-refractivity contribution is -0.115. The van der Waals surface area contributed by atoms with Gasteiger partial charge in [0.1, 0.15) is 13.2 Å². The summed E-state index contributed by atoms with van der Waals surface area (Å²) in [6.45, 7) is -0.106. The number of hydrogen-bond donors (Lipinski definition) is 3. The van der Waals surface area contributed by atoms with Crippen LogP contribution in [0.4, 0.5) is 10.5 Å². The highest BCUT2D eigenvalue weighted by Gasteiger charge is 2.29. The van der Waals surface area contributed by atoms with Gasteiger partial charge in [0.2, 0.25) is 5.91 Å². The fraction of sp³-hybridized carbons (Fsp3) is 0.107. The van der Waals surface area contributed by atoms with Gasteiger partial charge in [0, 0.05) is 12.1 Å². The summed E-state index contributed by atoms with van der Waals surface area (Å²) in [5.41, 5.74) is 6.03. The van der Waals surface area contributed by atoms with Crippen LogP contribution in [0.5, 0.6) is 0 Å². The first-order valence-corrected chi connectivity index (χ1v) is 11.5. The number of aromatic carboxylic acids is 1. The third-order valence-corrected chi connectivity index (χ3v) is 6.06. The molecule has 2 amide bonds. The number of carboxylic acids is 1. The second-order valence-corrected chi connectivity index (χ2v) is 8.40. The van der Waals surface area contributed by atoms with Gasteiger partial charge < -0.3 is 20.5 Å². The molecule has 2 aromatic carbocycles. The van der Waals surface area contributed by atoms with Crippen LogP contribution in [0.3, 0.4) is 0 Å². The highest BCUT2D eigenvalue weighted by Crippen LogP contribution is 2.44. The molecule has 184 valence electrons. The Balaban J connectivity index is 1.12. The molecule has 5 rings (SSSR count). The largest absolute Gasteiger partial charge is 0.478 e. The summed E-state index contributed by atoms with van der Waals surface area (Å²) in [5.74, 6) is -1.56. The SMILES string of the molecule is O=C(CNC(=O)OCC1c2ccccc2-c2ccccc21)Nc1ccc(-c2ccc(C(=O)O)cn2)nc1. The Morgan fingerprint density at radius 2 is 1.43 bits per heavy atom. The van der Waals surface area contributed by atoms with E-state index in [1.165, 1.54) is 18.5 Å². The minimum atomic E-state index is -1.06. The summed E-state index contributed by atoms with van der Waals surface area (Å²) >= 11 is 0. The van der Waals surface area contributed by atoms with E-state index in [0.29, 0.717) is 17.1 Å². The van der Waals surface area contributed by atoms with Crippen molar-refractivity contribution < 1.29 is 24.2 Å². The number of rotatable bonds is 7. The normalized spacial score (nSPS) is 11.8. The van der Waals surface area contributed by atoms with Crippen LogP contribution < -0.4 is 10.6 Å². The third kappa shape index (κ3) is 5.15. The highest BCUT2D eigenvalue weighted by molar-refractivity contribution is 5.94. The van der Waals surface area contributed by atoms with Gasteiger partial charge in [-0.3, -0.25) is 14.8 Å². The summed E-state index contributed by atoms with van der Waals surface area (Å²) < 4.78 is 5.44. The molecule has 0 aliphatic heterocycles. The molecule has 9 nitrogen and oxygen atoms in total. The van der Waals surface area contributed by atoms with E-state index >= 15 is 0 Å². The molecule has 2 aromatic heterocycles. The summed E-state index contributed by atoms with van der Waals surface area (Å²) in [5, 5.41) is 14.1. The van der Waals surface area contributed by atoms with E-state index in [0.717, 1.165) is 22.3 Å². The Labute approximate surface area is 212 Å². The average Bonchev–Trinajstić information content (AvgIpc) is 3.25. The molecule has 0 bridgehead atoms. The second kappa shape index (κ2) is 10.3. The topological polar surface area (TPSA) is 131 Å². The molecule has 37 heavy (non-hydrogen) atoms. The summed E-state index contributed by atoms with van der Waals surface area (Å²) in [4.78, 5) is 43.8. The standard InChI is InChI=1S/C28H22N4O5/c33-26(32-18-10-12-25(30-14-18)24-11-9-17(13-29-24)27(34)35)15-31-28(36)37-16-23-21-7-3-1-5-19(21)20-6-2-4-8-22(20)23/h1-14,23H,15-16H2,(H,31,36)(H,32,33)(H,34,35). The second-order valence-electron chi connectivity index (χ2n) is 8.40. The number of carbonyl (C=O) groups is 3. The van der Waals surface area contributed by atoms with Gasteiger partial charge in [-0.25, -0.2) is 9.59 Å². The van der Waals surface area contributed by atoms with E-state index in [1.807, 2.05) is 36.4 Å². The fourth-order valence-corrected chi connectivity index (χ4v) is 4.30. The van der Waals surface area contributed by atoms with Gasteiger partial charge in [0.15, 0.2) is 0 Å². The summed E-state index contributed by atoms with van der Waals surface area (Å²) in [7, 11) is 0. The van der Waals surface area contributed by atoms with Crippen LogP contribution in [-0.4, -0.2) is 46.2 Å². The number of carboxylic acid groups (broad SMARTS) is 1. The molecule has 9 heteroatoms. The number of ether oxygens (including phenoxy) is 1. The first-order valence-electron chi connectivity index (χ1n) is 11.5. The molecular weight excluding hydrogens is 472 g/mol. The molecule has 3 N–H and O–H groups in total. The van der Waals surface area contributed by atoms with Gasteiger partial charge in [-0.05, 0) is 46.5 Å². The van der Waals surface area contributed by atoms with E-state index in [-0.39, 0.29) is 24.6 Å². The first kappa shape index (κ1) is 23.7. The number of aromatic nitrogens is 2. The lowest BCUT2D eigenvalue weighted by Crippen LogP contribution is -2.34. The molecule has 2 heterocycles. The van der Waals surface area contributed by atoms with E-state index in [4.69, 9.17) is 9.84 Å². The van der Waals surface area contributed by atoms with Crippen LogP contribution in [0, 0.1) is 0 Å². The fourth-order valence-electron chi connectivity index (χ4n) is 4.30. The molecule has 0 atom stereocenters. The minimum absolute atomic E-state index is 0.0635. The lowest BCUT2D eigenvalue weighted by Gasteiger charge is -2.14. The van der Waals surface area contributed by atoms with Crippen molar-refractivity contribution in [3.05, 3.63) is 102 Å². The van der Waals surface area contributed by atoms with Crippen molar-refractivity contribution in [2.75, 3.05) is 18.5 Å². The number of alkyl carbamates (subject to hydrolysis) is 1. The Bertz CT molecular complexity index is 1420. The zero-order valence-electron chi connectivity index (χ0n) is 19.5. The molecule has 0 spiro atoms. The predicted molar refractivity (Wildman–Crippen MR) is 136 cm³/mol. The Kier molecular flexibility index (Phi) is 6.58. The van der Waals surface area contributed by atoms with E-state index in [1.54, 1.807) is 18.2 Å². The van der Waals surface area contributed by atoms with Crippen molar-refractivity contribution >= 4 is 23.7 Å². The minimum Gasteiger partial charge on any atom is -0.478 e. The van der Waals surface area contributed by atoms with Crippen LogP contribution in [0.15, 0.2) is 85.2 Å². The predicted octanol–water partition coefficient (Wildman–Crippen LogP) is 4.32. The van der Waals surface area contributed by atoms with Crippen molar-refractivity contribution in [2.45, 2.75) is 5.92 Å². The third-order valence-electron chi connectivity index (χ3n) is 6.06. The molecule has 0 fully saturated rings. The summed E-state index contributed by atoms with van der Waals surface area (Å²) in [6.07, 6.45) is 2.03. The zero-order valence-corrected chi connectivity index (χ0v) is 19.5. The number of amides is 2. The van der Waals surface area contributed by atoms with Crippen LogP contribution >= 0.6 is 0 Å². The Hall–Kier alpha value is -5.05. The molecule has 0 unspecified atom stereocenters. The monoisotopic (exact) mass is 494 g/mol. The van der Waals surface area contributed by atoms with E-state index in [2.05, 4.69) is 32.7 Å². The molecular formula is C28H22N4O5. The van der Waals surface area contributed by atoms with Crippen LogP contribution in [0.2, 0.25) is 0 Å². The van der Waals surface area contributed by atoms with Crippen LogP contribution in [0.25, 0.3) is 22.5 Å². The Morgan fingerprint density at radius 1 is 0.811 bits per heavy atom. The number of benzene rings is 2. The number of fused-ring (bicyclic) bond motifs is 3. The average molecular weight is 495 g/mol. The van der Waals surface area contributed by atoms with Gasteiger partial charge in [0.05, 0.1) is 28.8 Å². The van der Waals surface area contributed by atoms with Crippen molar-refractivity contribution in [3.63, 3.8) is 0 Å². The molecule has 4 aromatic rings.